The second kappa shape index (κ2) is 8.41. The summed E-state index contributed by atoms with van der Waals surface area (Å²) in [7, 11) is 0. The second-order valence-corrected chi connectivity index (χ2v) is 9.84. The number of anilines is 1. The van der Waals surface area contributed by atoms with E-state index in [-0.39, 0.29) is 29.7 Å². The number of aromatic nitrogens is 5. The van der Waals surface area contributed by atoms with E-state index in [1.165, 1.54) is 0 Å². The number of esters is 1. The fourth-order valence-corrected chi connectivity index (χ4v) is 5.08. The van der Waals surface area contributed by atoms with Gasteiger partial charge in [0.15, 0.2) is 0 Å². The highest BCUT2D eigenvalue weighted by Crippen LogP contribution is 2.36. The maximum absolute atomic E-state index is 13.1. The van der Waals surface area contributed by atoms with Crippen LogP contribution in [0.4, 0.5) is 5.95 Å². The van der Waals surface area contributed by atoms with Crippen LogP contribution in [0.15, 0.2) is 47.7 Å². The van der Waals surface area contributed by atoms with Crippen molar-refractivity contribution < 1.29 is 9.53 Å². The number of ether oxygens (including phenoxy) is 1. The fourth-order valence-electron chi connectivity index (χ4n) is 5.08. The number of nitrogens with zero attached hydrogens (tertiary/aromatic N) is 5. The molecular weight excluding hydrogens is 444 g/mol. The summed E-state index contributed by atoms with van der Waals surface area (Å²) in [6, 6.07) is 7.89. The molecular formula is C26H30N6O3. The molecule has 0 bridgehead atoms. The van der Waals surface area contributed by atoms with Crippen LogP contribution in [0.1, 0.15) is 34.6 Å². The molecule has 0 fully saturated rings. The largest absolute Gasteiger partial charge is 0.465 e. The van der Waals surface area contributed by atoms with Gasteiger partial charge in [0.25, 0.3) is 5.56 Å². The molecule has 0 aliphatic carbocycles. The molecule has 182 valence electrons. The highest BCUT2D eigenvalue weighted by Gasteiger charge is 2.39. The Morgan fingerprint density at radius 1 is 1.23 bits per heavy atom. The average Bonchev–Trinajstić information content (AvgIpc) is 3.48. The molecule has 0 unspecified atom stereocenters. The first kappa shape index (κ1) is 22.9. The van der Waals surface area contributed by atoms with Gasteiger partial charge < -0.3 is 14.6 Å². The minimum atomic E-state index is -0.321. The molecule has 1 aromatic carbocycles. The van der Waals surface area contributed by atoms with E-state index in [1.807, 2.05) is 24.5 Å². The highest BCUT2D eigenvalue weighted by molar-refractivity contribution is 5.97. The molecule has 1 aliphatic rings. The topological polar surface area (TPSA) is 98.0 Å². The van der Waals surface area contributed by atoms with Gasteiger partial charge in [-0.1, -0.05) is 6.07 Å². The first-order valence-electron chi connectivity index (χ1n) is 11.9. The summed E-state index contributed by atoms with van der Waals surface area (Å²) in [5.74, 6) is 0.386. The standard InChI is InChI=1S/C26H30N6O3/c1-6-35-24(34)14-30-13-18(11-28-30)17-7-8-21-19(9-17)20(12-27-21)22-10-23(33)31-15-26(4,5)32(16(2)3)25(31)29-22/h7-13,16,27H,6,14-15H2,1-5H3. The summed E-state index contributed by atoms with van der Waals surface area (Å²) >= 11 is 0. The van der Waals surface area contributed by atoms with Crippen LogP contribution in [-0.2, 0) is 22.6 Å². The van der Waals surface area contributed by atoms with Crippen molar-refractivity contribution in [2.24, 2.45) is 0 Å². The van der Waals surface area contributed by atoms with E-state index in [0.29, 0.717) is 24.8 Å². The lowest BCUT2D eigenvalue weighted by Gasteiger charge is -2.35. The molecule has 9 nitrogen and oxygen atoms in total. The summed E-state index contributed by atoms with van der Waals surface area (Å²) < 4.78 is 8.34. The maximum atomic E-state index is 13.1. The van der Waals surface area contributed by atoms with Crippen molar-refractivity contribution >= 4 is 22.8 Å². The number of nitrogens with one attached hydrogen (secondary N) is 1. The Kier molecular flexibility index (Phi) is 5.50. The molecule has 0 atom stereocenters. The summed E-state index contributed by atoms with van der Waals surface area (Å²) in [5, 5.41) is 5.26. The first-order valence-corrected chi connectivity index (χ1v) is 11.9. The summed E-state index contributed by atoms with van der Waals surface area (Å²) in [4.78, 5) is 35.4. The van der Waals surface area contributed by atoms with Crippen LogP contribution in [0.25, 0.3) is 33.3 Å². The molecule has 0 saturated carbocycles. The molecule has 9 heteroatoms. The third-order valence-electron chi connectivity index (χ3n) is 6.44. The van der Waals surface area contributed by atoms with Crippen molar-refractivity contribution in [3.05, 3.63) is 53.2 Å². The minimum Gasteiger partial charge on any atom is -0.465 e. The number of aromatic amines is 1. The van der Waals surface area contributed by atoms with Crippen LogP contribution in [0, 0.1) is 0 Å². The van der Waals surface area contributed by atoms with Crippen molar-refractivity contribution in [2.45, 2.75) is 59.3 Å². The highest BCUT2D eigenvalue weighted by atomic mass is 16.5. The van der Waals surface area contributed by atoms with Crippen LogP contribution in [0.5, 0.6) is 0 Å². The third-order valence-corrected chi connectivity index (χ3v) is 6.44. The van der Waals surface area contributed by atoms with E-state index in [0.717, 1.165) is 27.6 Å². The molecule has 1 N–H and O–H groups in total. The Morgan fingerprint density at radius 2 is 2.03 bits per heavy atom. The predicted molar refractivity (Wildman–Crippen MR) is 135 cm³/mol. The number of hydrogen-bond donors (Lipinski definition) is 1. The van der Waals surface area contributed by atoms with Crippen molar-refractivity contribution in [1.29, 1.82) is 0 Å². The number of hydrogen-bond acceptors (Lipinski definition) is 6. The second-order valence-electron chi connectivity index (χ2n) is 9.84. The Hall–Kier alpha value is -3.88. The number of H-pyrrole nitrogens is 1. The number of rotatable bonds is 6. The Balaban J connectivity index is 1.54. The molecule has 0 radical (unpaired) electrons. The predicted octanol–water partition coefficient (Wildman–Crippen LogP) is 3.83. The van der Waals surface area contributed by atoms with E-state index < -0.39 is 0 Å². The normalized spacial score (nSPS) is 14.6. The van der Waals surface area contributed by atoms with Gasteiger partial charge in [-0.2, -0.15) is 5.10 Å². The lowest BCUT2D eigenvalue weighted by molar-refractivity contribution is -0.144. The molecule has 4 aromatic rings. The quantitative estimate of drug-likeness (QED) is 0.427. The van der Waals surface area contributed by atoms with Gasteiger partial charge in [-0.15, -0.1) is 0 Å². The van der Waals surface area contributed by atoms with E-state index in [2.05, 4.69) is 48.7 Å². The SMILES string of the molecule is CCOC(=O)Cn1cc(-c2ccc3[nH]cc(-c4cc(=O)n5c(n4)N(C(C)C)C(C)(C)C5)c3c2)cn1. The molecule has 0 spiro atoms. The Labute approximate surface area is 203 Å². The van der Waals surface area contributed by atoms with Gasteiger partial charge in [-0.05, 0) is 52.3 Å². The zero-order chi connectivity index (χ0) is 24.9. The van der Waals surface area contributed by atoms with Crippen LogP contribution in [-0.4, -0.2) is 48.5 Å². The Bertz CT molecular complexity index is 1480. The number of benzene rings is 1. The lowest BCUT2D eigenvalue weighted by Crippen LogP contribution is -2.45. The van der Waals surface area contributed by atoms with Crippen molar-refractivity contribution in [3.63, 3.8) is 0 Å². The summed E-state index contributed by atoms with van der Waals surface area (Å²) in [6.07, 6.45) is 5.46. The molecule has 0 amide bonds. The molecule has 35 heavy (non-hydrogen) atoms. The van der Waals surface area contributed by atoms with Crippen molar-refractivity contribution in [3.8, 4) is 22.4 Å². The van der Waals surface area contributed by atoms with Crippen LogP contribution in [0.3, 0.4) is 0 Å². The van der Waals surface area contributed by atoms with Gasteiger partial charge in [0.2, 0.25) is 5.95 Å². The molecule has 1 aliphatic heterocycles. The van der Waals surface area contributed by atoms with E-state index in [4.69, 9.17) is 9.72 Å². The maximum Gasteiger partial charge on any atom is 0.327 e. The molecule has 3 aromatic heterocycles. The van der Waals surface area contributed by atoms with E-state index in [9.17, 15) is 9.59 Å². The summed E-state index contributed by atoms with van der Waals surface area (Å²) in [5.41, 5.74) is 4.07. The molecule has 4 heterocycles. The summed E-state index contributed by atoms with van der Waals surface area (Å²) in [6.45, 7) is 11.3. The molecule has 0 saturated heterocycles. The van der Waals surface area contributed by atoms with Crippen molar-refractivity contribution in [2.75, 3.05) is 11.5 Å². The number of carbonyl (C=O) groups is 1. The van der Waals surface area contributed by atoms with Gasteiger partial charge >= 0.3 is 5.97 Å². The van der Waals surface area contributed by atoms with Gasteiger partial charge in [0, 0.05) is 46.5 Å². The van der Waals surface area contributed by atoms with Gasteiger partial charge in [-0.25, -0.2) is 4.98 Å². The van der Waals surface area contributed by atoms with Gasteiger partial charge in [0.05, 0.1) is 30.6 Å². The van der Waals surface area contributed by atoms with E-state index >= 15 is 0 Å². The first-order chi connectivity index (χ1) is 16.7. The number of fused-ring (bicyclic) bond motifs is 2. The van der Waals surface area contributed by atoms with Gasteiger partial charge in [0.1, 0.15) is 6.54 Å². The van der Waals surface area contributed by atoms with Crippen LogP contribution >= 0.6 is 0 Å². The zero-order valence-corrected chi connectivity index (χ0v) is 20.7. The van der Waals surface area contributed by atoms with Crippen molar-refractivity contribution in [1.82, 2.24) is 24.3 Å². The van der Waals surface area contributed by atoms with Gasteiger partial charge in [-0.3, -0.25) is 18.8 Å². The zero-order valence-electron chi connectivity index (χ0n) is 20.7. The van der Waals surface area contributed by atoms with E-state index in [1.54, 1.807) is 28.4 Å². The average molecular weight is 475 g/mol. The third kappa shape index (κ3) is 4.00. The fraction of sp³-hybridized carbons (Fsp3) is 0.385. The van der Waals surface area contributed by atoms with Crippen LogP contribution in [0.2, 0.25) is 0 Å². The minimum absolute atomic E-state index is 0.0491. The molecule has 5 rings (SSSR count). The number of carbonyl (C=O) groups excluding carboxylic acids is 1. The smallest absolute Gasteiger partial charge is 0.327 e. The lowest BCUT2D eigenvalue weighted by atomic mass is 10.0. The monoisotopic (exact) mass is 474 g/mol. The Morgan fingerprint density at radius 3 is 2.77 bits per heavy atom. The van der Waals surface area contributed by atoms with Crippen LogP contribution < -0.4 is 10.5 Å².